The first-order valence-corrected chi connectivity index (χ1v) is 6.76. The van der Waals surface area contributed by atoms with Crippen LogP contribution in [0.3, 0.4) is 0 Å². The molecule has 0 radical (unpaired) electrons. The Labute approximate surface area is 99.1 Å². The molecule has 2 rings (SSSR count). The van der Waals surface area contributed by atoms with Crippen LogP contribution in [-0.2, 0) is 9.47 Å². The fourth-order valence-corrected chi connectivity index (χ4v) is 3.02. The van der Waals surface area contributed by atoms with Crippen molar-refractivity contribution in [2.24, 2.45) is 0 Å². The molecular formula is C13H25NO2. The lowest BCUT2D eigenvalue weighted by atomic mass is 9.93. The van der Waals surface area contributed by atoms with Crippen molar-refractivity contribution in [1.82, 2.24) is 4.90 Å². The monoisotopic (exact) mass is 227 g/mol. The van der Waals surface area contributed by atoms with Crippen molar-refractivity contribution >= 4 is 0 Å². The van der Waals surface area contributed by atoms with Gasteiger partial charge in [-0.15, -0.1) is 0 Å². The smallest absolute Gasteiger partial charge is 0.134 e. The molecule has 1 saturated carbocycles. The minimum Gasteiger partial charge on any atom is -0.375 e. The molecule has 16 heavy (non-hydrogen) atoms. The minimum absolute atomic E-state index is 0.192. The Bertz CT molecular complexity index is 178. The lowest BCUT2D eigenvalue weighted by molar-refractivity contribution is -0.176. The highest BCUT2D eigenvalue weighted by Crippen LogP contribution is 2.27. The Morgan fingerprint density at radius 1 is 1.06 bits per heavy atom. The van der Waals surface area contributed by atoms with Crippen LogP contribution in [0.2, 0.25) is 0 Å². The van der Waals surface area contributed by atoms with Crippen molar-refractivity contribution in [1.29, 1.82) is 0 Å². The zero-order valence-corrected chi connectivity index (χ0v) is 10.7. The maximum Gasteiger partial charge on any atom is 0.134 e. The number of ether oxygens (including phenoxy) is 2. The second-order valence-electron chi connectivity index (χ2n) is 5.23. The van der Waals surface area contributed by atoms with Crippen molar-refractivity contribution in [3.63, 3.8) is 0 Å². The van der Waals surface area contributed by atoms with Crippen LogP contribution in [0.15, 0.2) is 0 Å². The first-order chi connectivity index (χ1) is 7.79. The van der Waals surface area contributed by atoms with Gasteiger partial charge in [0.25, 0.3) is 0 Å². The second kappa shape index (κ2) is 5.99. The number of nitrogens with zero attached hydrogens (tertiary/aromatic N) is 1. The van der Waals surface area contributed by atoms with Gasteiger partial charge < -0.3 is 9.47 Å². The van der Waals surface area contributed by atoms with E-state index in [-0.39, 0.29) is 6.23 Å². The van der Waals surface area contributed by atoms with Crippen molar-refractivity contribution < 1.29 is 9.47 Å². The van der Waals surface area contributed by atoms with E-state index in [1.807, 2.05) is 0 Å². The summed E-state index contributed by atoms with van der Waals surface area (Å²) in [6.07, 6.45) is 7.01. The van der Waals surface area contributed by atoms with E-state index in [4.69, 9.17) is 9.47 Å². The molecule has 1 heterocycles. The Morgan fingerprint density at radius 3 is 2.38 bits per heavy atom. The van der Waals surface area contributed by atoms with Crippen molar-refractivity contribution in [2.75, 3.05) is 19.8 Å². The molecule has 0 aromatic rings. The number of rotatable bonds is 3. The van der Waals surface area contributed by atoms with E-state index in [1.165, 1.54) is 32.1 Å². The Balaban J connectivity index is 1.96. The van der Waals surface area contributed by atoms with E-state index in [2.05, 4.69) is 18.7 Å². The molecule has 1 aliphatic heterocycles. The zero-order valence-electron chi connectivity index (χ0n) is 10.7. The van der Waals surface area contributed by atoms with E-state index in [0.29, 0.717) is 12.1 Å². The molecule has 1 atom stereocenters. The van der Waals surface area contributed by atoms with Gasteiger partial charge in [-0.05, 0) is 26.7 Å². The minimum atomic E-state index is 0.192. The summed E-state index contributed by atoms with van der Waals surface area (Å²) < 4.78 is 11.4. The molecule has 1 unspecified atom stereocenters. The highest BCUT2D eigenvalue weighted by molar-refractivity contribution is 4.81. The van der Waals surface area contributed by atoms with E-state index in [1.54, 1.807) is 0 Å². The van der Waals surface area contributed by atoms with Crippen LogP contribution in [-0.4, -0.2) is 43.0 Å². The highest BCUT2D eigenvalue weighted by atomic mass is 16.6. The summed E-state index contributed by atoms with van der Waals surface area (Å²) in [5.41, 5.74) is 0. The van der Waals surface area contributed by atoms with Crippen LogP contribution in [0.1, 0.15) is 46.0 Å². The quantitative estimate of drug-likeness (QED) is 0.739. The molecule has 2 aliphatic rings. The molecular weight excluding hydrogens is 202 g/mol. The van der Waals surface area contributed by atoms with E-state index in [0.717, 1.165) is 19.8 Å². The maximum absolute atomic E-state index is 5.86. The lowest BCUT2D eigenvalue weighted by Gasteiger charge is -2.43. The van der Waals surface area contributed by atoms with Crippen LogP contribution in [0, 0.1) is 0 Å². The summed E-state index contributed by atoms with van der Waals surface area (Å²) in [6.45, 7) is 6.79. The van der Waals surface area contributed by atoms with E-state index < -0.39 is 0 Å². The summed E-state index contributed by atoms with van der Waals surface area (Å²) in [6, 6.07) is 1.26. The van der Waals surface area contributed by atoms with Crippen molar-refractivity contribution in [3.8, 4) is 0 Å². The Hall–Kier alpha value is -0.120. The third kappa shape index (κ3) is 2.96. The summed E-state index contributed by atoms with van der Waals surface area (Å²) in [7, 11) is 0. The number of hydrogen-bond acceptors (Lipinski definition) is 3. The summed E-state index contributed by atoms with van der Waals surface area (Å²) in [5, 5.41) is 0. The third-order valence-corrected chi connectivity index (χ3v) is 3.72. The SMILES string of the molecule is CC(C)N(C1CCCCC1)C1COCCO1. The van der Waals surface area contributed by atoms with Gasteiger partial charge in [0.05, 0.1) is 19.8 Å². The highest BCUT2D eigenvalue weighted by Gasteiger charge is 2.31. The molecule has 1 aliphatic carbocycles. The molecule has 0 spiro atoms. The molecule has 0 aromatic heterocycles. The fourth-order valence-electron chi connectivity index (χ4n) is 3.02. The van der Waals surface area contributed by atoms with Gasteiger partial charge in [-0.2, -0.15) is 0 Å². The lowest BCUT2D eigenvalue weighted by Crippen LogP contribution is -2.53. The Morgan fingerprint density at radius 2 is 1.81 bits per heavy atom. The average molecular weight is 227 g/mol. The van der Waals surface area contributed by atoms with Crippen LogP contribution in [0.4, 0.5) is 0 Å². The van der Waals surface area contributed by atoms with Crippen molar-refractivity contribution in [2.45, 2.75) is 64.3 Å². The van der Waals surface area contributed by atoms with Gasteiger partial charge in [0.2, 0.25) is 0 Å². The molecule has 0 amide bonds. The first-order valence-electron chi connectivity index (χ1n) is 6.76. The topological polar surface area (TPSA) is 21.7 Å². The van der Waals surface area contributed by atoms with Crippen LogP contribution in [0.5, 0.6) is 0 Å². The average Bonchev–Trinajstić information content (AvgIpc) is 2.31. The van der Waals surface area contributed by atoms with Crippen LogP contribution < -0.4 is 0 Å². The van der Waals surface area contributed by atoms with Gasteiger partial charge in [-0.1, -0.05) is 19.3 Å². The summed E-state index contributed by atoms with van der Waals surface area (Å²) in [5.74, 6) is 0. The van der Waals surface area contributed by atoms with E-state index in [9.17, 15) is 0 Å². The normalized spacial score (nSPS) is 28.9. The zero-order chi connectivity index (χ0) is 11.4. The van der Waals surface area contributed by atoms with Gasteiger partial charge in [-0.25, -0.2) is 0 Å². The second-order valence-corrected chi connectivity index (χ2v) is 5.23. The summed E-state index contributed by atoms with van der Waals surface area (Å²) in [4.78, 5) is 2.54. The van der Waals surface area contributed by atoms with Gasteiger partial charge in [-0.3, -0.25) is 4.90 Å². The molecule has 2 fully saturated rings. The molecule has 94 valence electrons. The molecule has 0 aromatic carbocycles. The third-order valence-electron chi connectivity index (χ3n) is 3.72. The van der Waals surface area contributed by atoms with Crippen LogP contribution in [0.25, 0.3) is 0 Å². The first kappa shape index (κ1) is 12.3. The van der Waals surface area contributed by atoms with E-state index >= 15 is 0 Å². The largest absolute Gasteiger partial charge is 0.375 e. The van der Waals surface area contributed by atoms with Crippen LogP contribution >= 0.6 is 0 Å². The van der Waals surface area contributed by atoms with Gasteiger partial charge in [0.1, 0.15) is 6.23 Å². The fraction of sp³-hybridized carbons (Fsp3) is 1.00. The molecule has 3 heteroatoms. The molecule has 0 N–H and O–H groups in total. The van der Waals surface area contributed by atoms with Gasteiger partial charge in [0, 0.05) is 12.1 Å². The predicted octanol–water partition coefficient (Wildman–Crippen LogP) is 2.40. The van der Waals surface area contributed by atoms with Crippen molar-refractivity contribution in [3.05, 3.63) is 0 Å². The standard InChI is InChI=1S/C13H25NO2/c1-11(2)14(12-6-4-3-5-7-12)13-10-15-8-9-16-13/h11-13H,3-10H2,1-2H3. The molecule has 1 saturated heterocycles. The summed E-state index contributed by atoms with van der Waals surface area (Å²) >= 11 is 0. The maximum atomic E-state index is 5.86. The van der Waals surface area contributed by atoms with Gasteiger partial charge >= 0.3 is 0 Å². The number of hydrogen-bond donors (Lipinski definition) is 0. The molecule has 3 nitrogen and oxygen atoms in total. The van der Waals surface area contributed by atoms with Gasteiger partial charge in [0.15, 0.2) is 0 Å². The predicted molar refractivity (Wildman–Crippen MR) is 64.4 cm³/mol. The Kier molecular flexibility index (Phi) is 4.62. The molecule has 0 bridgehead atoms.